The lowest BCUT2D eigenvalue weighted by atomic mass is 10.1. The highest BCUT2D eigenvalue weighted by molar-refractivity contribution is 5.80. The lowest BCUT2D eigenvalue weighted by molar-refractivity contribution is 0.317. The number of aromatic nitrogens is 9. The molecule has 6 heterocycles. The second-order valence-electron chi connectivity index (χ2n) is 7.15. The average Bonchev–Trinajstić information content (AvgIpc) is 3.57. The number of nitrogens with two attached hydrogens (primary N) is 2. The van der Waals surface area contributed by atoms with Crippen molar-refractivity contribution in [3.8, 4) is 0 Å². The Morgan fingerprint density at radius 2 is 1.53 bits per heavy atom. The zero-order chi connectivity index (χ0) is 22.3. The Bertz CT molecular complexity index is 1190. The molecule has 12 nitrogen and oxygen atoms in total. The molecule has 1 fully saturated rings. The number of nitrogen functional groups attached to an aromatic ring is 2. The maximum atomic E-state index is 5.48. The van der Waals surface area contributed by atoms with Gasteiger partial charge in [0, 0.05) is 18.4 Å². The minimum absolute atomic E-state index is 0.433. The second kappa shape index (κ2) is 9.75. The molecule has 0 saturated carbocycles. The zero-order valence-corrected chi connectivity index (χ0v) is 17.5. The average molecular weight is 432 g/mol. The van der Waals surface area contributed by atoms with E-state index in [1.165, 1.54) is 50.3 Å². The lowest BCUT2D eigenvalue weighted by Gasteiger charge is -2.18. The second-order valence-corrected chi connectivity index (χ2v) is 7.15. The van der Waals surface area contributed by atoms with Gasteiger partial charge in [-0.15, -0.1) is 0 Å². The molecule has 6 N–H and O–H groups in total. The van der Waals surface area contributed by atoms with Crippen LogP contribution >= 0.6 is 0 Å². The van der Waals surface area contributed by atoms with Crippen LogP contribution in [0, 0.1) is 0 Å². The summed E-state index contributed by atoms with van der Waals surface area (Å²) in [7, 11) is 2.19. The van der Waals surface area contributed by atoms with E-state index in [2.05, 4.69) is 62.9 Å². The largest absolute Gasteiger partial charge is 0.382 e. The lowest BCUT2D eigenvalue weighted by Crippen LogP contribution is -2.17. The molecule has 5 aromatic heterocycles. The number of anilines is 2. The van der Waals surface area contributed by atoms with Crippen LogP contribution in [0.4, 0.5) is 11.6 Å². The van der Waals surface area contributed by atoms with Gasteiger partial charge in [-0.1, -0.05) is 6.07 Å². The van der Waals surface area contributed by atoms with Crippen molar-refractivity contribution in [2.45, 2.75) is 18.9 Å². The van der Waals surface area contributed by atoms with Crippen molar-refractivity contribution in [3.63, 3.8) is 0 Å². The van der Waals surface area contributed by atoms with E-state index in [-0.39, 0.29) is 0 Å². The van der Waals surface area contributed by atoms with Crippen molar-refractivity contribution in [2.75, 3.05) is 25.1 Å². The molecule has 6 rings (SSSR count). The van der Waals surface area contributed by atoms with E-state index < -0.39 is 0 Å². The first-order valence-corrected chi connectivity index (χ1v) is 10.0. The summed E-state index contributed by atoms with van der Waals surface area (Å²) in [6.07, 6.45) is 12.3. The number of rotatable bonds is 1. The van der Waals surface area contributed by atoms with Gasteiger partial charge in [0.25, 0.3) is 0 Å². The molecule has 12 heteroatoms. The highest BCUT2D eigenvalue weighted by Crippen LogP contribution is 2.29. The fraction of sp³-hybridized carbons (Fsp3) is 0.250. The van der Waals surface area contributed by atoms with Crippen LogP contribution in [0.5, 0.6) is 0 Å². The van der Waals surface area contributed by atoms with Gasteiger partial charge in [-0.3, -0.25) is 9.88 Å². The van der Waals surface area contributed by atoms with E-state index in [0.29, 0.717) is 40.0 Å². The number of imidazole rings is 2. The number of aromatic amines is 2. The predicted octanol–water partition coefficient (Wildman–Crippen LogP) is 1.72. The van der Waals surface area contributed by atoms with E-state index in [1.807, 2.05) is 18.5 Å². The van der Waals surface area contributed by atoms with Crippen molar-refractivity contribution in [1.82, 2.24) is 49.8 Å². The maximum Gasteiger partial charge on any atom is 0.182 e. The Balaban J connectivity index is 0.000000115. The van der Waals surface area contributed by atoms with Crippen LogP contribution < -0.4 is 11.5 Å². The summed E-state index contributed by atoms with van der Waals surface area (Å²) >= 11 is 0. The van der Waals surface area contributed by atoms with Crippen LogP contribution in [0.2, 0.25) is 0 Å². The van der Waals surface area contributed by atoms with Crippen molar-refractivity contribution >= 4 is 34.0 Å². The summed E-state index contributed by atoms with van der Waals surface area (Å²) in [5.74, 6) is 0.866. The van der Waals surface area contributed by atoms with E-state index in [4.69, 9.17) is 11.5 Å². The number of pyridine rings is 1. The summed E-state index contributed by atoms with van der Waals surface area (Å²) in [6.45, 7) is 1.22. The minimum atomic E-state index is 0.433. The Hall–Kier alpha value is -4.19. The van der Waals surface area contributed by atoms with Crippen LogP contribution in [-0.2, 0) is 0 Å². The molecule has 1 aliphatic rings. The van der Waals surface area contributed by atoms with Gasteiger partial charge in [-0.25, -0.2) is 29.9 Å². The van der Waals surface area contributed by atoms with E-state index in [0.717, 1.165) is 0 Å². The van der Waals surface area contributed by atoms with Crippen molar-refractivity contribution in [1.29, 1.82) is 0 Å². The standard InChI is InChI=1S/C10H14N2.2C5H5N5/c1-12-7-3-5-10(12)9-4-2-6-11-8-9;2*6-4-3-5(9-1-7-3)10-2-8-4/h2,4,6,8,10H,3,5,7H2,1H3;2*1-2H,(H3,6,7,8,9,10). The summed E-state index contributed by atoms with van der Waals surface area (Å²) < 4.78 is 0. The van der Waals surface area contributed by atoms with Gasteiger partial charge in [-0.05, 0) is 38.1 Å². The van der Waals surface area contributed by atoms with Gasteiger partial charge < -0.3 is 21.4 Å². The molecular formula is C20H24N12. The molecule has 0 amide bonds. The molecule has 0 aliphatic carbocycles. The van der Waals surface area contributed by atoms with Gasteiger partial charge >= 0.3 is 0 Å². The van der Waals surface area contributed by atoms with Crippen LogP contribution in [0.15, 0.2) is 49.8 Å². The number of fused-ring (bicyclic) bond motifs is 2. The van der Waals surface area contributed by atoms with Crippen molar-refractivity contribution in [3.05, 3.63) is 55.4 Å². The zero-order valence-electron chi connectivity index (χ0n) is 17.5. The van der Waals surface area contributed by atoms with Gasteiger partial charge in [0.1, 0.15) is 23.7 Å². The van der Waals surface area contributed by atoms with Crippen molar-refractivity contribution < 1.29 is 0 Å². The third-order valence-corrected chi connectivity index (χ3v) is 5.09. The molecule has 164 valence electrons. The molecule has 1 unspecified atom stereocenters. The van der Waals surface area contributed by atoms with Crippen molar-refractivity contribution in [2.24, 2.45) is 0 Å². The SMILES string of the molecule is CN1CCCC1c1cccnc1.Nc1ncnc2nc[nH]c12.Nc1ncnc2nc[nH]c12. The summed E-state index contributed by atoms with van der Waals surface area (Å²) in [4.78, 5) is 35.3. The molecule has 0 bridgehead atoms. The number of H-pyrrole nitrogens is 2. The van der Waals surface area contributed by atoms with E-state index >= 15 is 0 Å². The summed E-state index contributed by atoms with van der Waals surface area (Å²) in [5, 5.41) is 0. The Labute approximate surface area is 183 Å². The van der Waals surface area contributed by atoms with Gasteiger partial charge in [-0.2, -0.15) is 0 Å². The smallest absolute Gasteiger partial charge is 0.182 e. The highest BCUT2D eigenvalue weighted by atomic mass is 15.1. The number of likely N-dealkylation sites (tertiary alicyclic amines) is 1. The summed E-state index contributed by atoms with van der Waals surface area (Å²) in [5.41, 5.74) is 14.9. The Morgan fingerprint density at radius 1 is 0.906 bits per heavy atom. The molecule has 0 spiro atoms. The molecule has 1 saturated heterocycles. The number of hydrogen-bond acceptors (Lipinski definition) is 10. The highest BCUT2D eigenvalue weighted by Gasteiger charge is 2.21. The molecule has 32 heavy (non-hydrogen) atoms. The minimum Gasteiger partial charge on any atom is -0.382 e. The van der Waals surface area contributed by atoms with Gasteiger partial charge in [0.05, 0.1) is 12.7 Å². The monoisotopic (exact) mass is 432 g/mol. The molecular weight excluding hydrogens is 408 g/mol. The third kappa shape index (κ3) is 4.75. The molecule has 0 aromatic carbocycles. The fourth-order valence-electron chi connectivity index (χ4n) is 3.47. The third-order valence-electron chi connectivity index (χ3n) is 5.09. The van der Waals surface area contributed by atoms with E-state index in [9.17, 15) is 0 Å². The topological polar surface area (TPSA) is 177 Å². The van der Waals surface area contributed by atoms with Gasteiger partial charge in [0.2, 0.25) is 0 Å². The maximum absolute atomic E-state index is 5.48. The normalized spacial score (nSPS) is 15.7. The predicted molar refractivity (Wildman–Crippen MR) is 121 cm³/mol. The Kier molecular flexibility index (Phi) is 6.41. The van der Waals surface area contributed by atoms with Crippen LogP contribution in [-0.4, -0.2) is 63.3 Å². The van der Waals surface area contributed by atoms with Crippen LogP contribution in [0.25, 0.3) is 22.3 Å². The van der Waals surface area contributed by atoms with E-state index in [1.54, 1.807) is 0 Å². The first-order chi connectivity index (χ1) is 15.6. The number of hydrogen-bond donors (Lipinski definition) is 4. The first-order valence-electron chi connectivity index (χ1n) is 10.0. The molecule has 5 aromatic rings. The molecule has 0 radical (unpaired) electrons. The quantitative estimate of drug-likeness (QED) is 0.305. The Morgan fingerprint density at radius 3 is 2.00 bits per heavy atom. The number of nitrogens with zero attached hydrogens (tertiary/aromatic N) is 8. The van der Waals surface area contributed by atoms with Crippen LogP contribution in [0.3, 0.4) is 0 Å². The molecule has 1 aliphatic heterocycles. The first kappa shape index (κ1) is 21.1. The van der Waals surface area contributed by atoms with Crippen LogP contribution in [0.1, 0.15) is 24.4 Å². The summed E-state index contributed by atoms with van der Waals surface area (Å²) in [6, 6.07) is 4.79. The number of nitrogens with one attached hydrogen (secondary N) is 2. The van der Waals surface area contributed by atoms with Gasteiger partial charge in [0.15, 0.2) is 22.9 Å². The molecule has 1 atom stereocenters. The fourth-order valence-corrected chi connectivity index (χ4v) is 3.47.